The van der Waals surface area contributed by atoms with Crippen LogP contribution in [0.25, 0.3) is 0 Å². The van der Waals surface area contributed by atoms with Gasteiger partial charge in [-0.1, -0.05) is 13.8 Å². The Morgan fingerprint density at radius 2 is 2.07 bits per heavy atom. The number of aliphatic hydroxyl groups is 1. The topological polar surface area (TPSA) is 45.4 Å². The second kappa shape index (κ2) is 6.64. The molecule has 86 valence electrons. The fraction of sp³-hybridized carbons (Fsp3) is 0.667. The van der Waals surface area contributed by atoms with Crippen LogP contribution in [0.2, 0.25) is 0 Å². The lowest BCUT2D eigenvalue weighted by atomic mass is 10.1. The molecular formula is C12H21NO2. The molecular weight excluding hydrogens is 190 g/mol. The summed E-state index contributed by atoms with van der Waals surface area (Å²) < 4.78 is 5.58. The molecule has 2 N–H and O–H groups in total. The van der Waals surface area contributed by atoms with Gasteiger partial charge in [-0.05, 0) is 25.0 Å². The minimum atomic E-state index is 0.240. The van der Waals surface area contributed by atoms with Gasteiger partial charge in [0.05, 0.1) is 6.54 Å². The smallest absolute Gasteiger partial charge is 0.117 e. The van der Waals surface area contributed by atoms with E-state index in [9.17, 15) is 0 Å². The molecule has 0 fully saturated rings. The van der Waals surface area contributed by atoms with Gasteiger partial charge in [0.25, 0.3) is 0 Å². The number of aryl methyl sites for hydroxylation is 1. The van der Waals surface area contributed by atoms with Gasteiger partial charge in [0, 0.05) is 19.1 Å². The molecule has 0 aliphatic heterocycles. The first-order valence-electron chi connectivity index (χ1n) is 5.72. The van der Waals surface area contributed by atoms with Crippen LogP contribution in [0.1, 0.15) is 38.2 Å². The first kappa shape index (κ1) is 12.3. The van der Waals surface area contributed by atoms with Crippen molar-refractivity contribution < 1.29 is 9.52 Å². The van der Waals surface area contributed by atoms with Crippen LogP contribution in [0, 0.1) is 0 Å². The van der Waals surface area contributed by atoms with E-state index in [0.29, 0.717) is 6.04 Å². The minimum Gasteiger partial charge on any atom is -0.465 e. The molecule has 0 saturated carbocycles. The molecule has 0 amide bonds. The normalized spacial score (nSPS) is 13.0. The lowest BCUT2D eigenvalue weighted by Gasteiger charge is -2.14. The van der Waals surface area contributed by atoms with Crippen LogP contribution < -0.4 is 5.32 Å². The number of nitrogens with one attached hydrogen (secondary N) is 1. The molecule has 1 aromatic rings. The zero-order valence-corrected chi connectivity index (χ0v) is 9.62. The van der Waals surface area contributed by atoms with E-state index in [1.54, 1.807) is 0 Å². The van der Waals surface area contributed by atoms with Crippen molar-refractivity contribution >= 4 is 0 Å². The summed E-state index contributed by atoms with van der Waals surface area (Å²) in [6.45, 7) is 5.19. The molecule has 0 aliphatic rings. The molecule has 0 spiro atoms. The van der Waals surface area contributed by atoms with E-state index in [1.807, 2.05) is 12.1 Å². The van der Waals surface area contributed by atoms with Crippen LogP contribution in [0.3, 0.4) is 0 Å². The summed E-state index contributed by atoms with van der Waals surface area (Å²) in [7, 11) is 0. The standard InChI is InChI=1S/C12H21NO2/c1-3-10(7-8-14)13-9-12-6-5-11(4-2)15-12/h5-6,10,13-14H,3-4,7-9H2,1-2H3. The molecule has 1 heterocycles. The van der Waals surface area contributed by atoms with Gasteiger partial charge in [-0.15, -0.1) is 0 Å². The fourth-order valence-corrected chi connectivity index (χ4v) is 1.56. The summed E-state index contributed by atoms with van der Waals surface area (Å²) in [6, 6.07) is 4.41. The van der Waals surface area contributed by atoms with Crippen molar-refractivity contribution in [2.24, 2.45) is 0 Å². The van der Waals surface area contributed by atoms with Crippen LogP contribution in [0.5, 0.6) is 0 Å². The number of hydrogen-bond donors (Lipinski definition) is 2. The monoisotopic (exact) mass is 211 g/mol. The molecule has 15 heavy (non-hydrogen) atoms. The number of rotatable bonds is 7. The van der Waals surface area contributed by atoms with E-state index in [4.69, 9.17) is 9.52 Å². The Morgan fingerprint density at radius 3 is 2.60 bits per heavy atom. The van der Waals surface area contributed by atoms with Crippen LogP contribution >= 0.6 is 0 Å². The van der Waals surface area contributed by atoms with Gasteiger partial charge in [0.15, 0.2) is 0 Å². The second-order valence-electron chi connectivity index (χ2n) is 3.72. The number of aliphatic hydroxyl groups excluding tert-OH is 1. The van der Waals surface area contributed by atoms with Crippen molar-refractivity contribution in [3.63, 3.8) is 0 Å². The van der Waals surface area contributed by atoms with Crippen molar-refractivity contribution in [3.05, 3.63) is 23.7 Å². The van der Waals surface area contributed by atoms with E-state index >= 15 is 0 Å². The highest BCUT2D eigenvalue weighted by molar-refractivity contribution is 5.06. The first-order valence-corrected chi connectivity index (χ1v) is 5.72. The Morgan fingerprint density at radius 1 is 1.33 bits per heavy atom. The summed E-state index contributed by atoms with van der Waals surface area (Å²) >= 11 is 0. The van der Waals surface area contributed by atoms with E-state index < -0.39 is 0 Å². The van der Waals surface area contributed by atoms with Gasteiger partial charge in [-0.2, -0.15) is 0 Å². The Bertz CT molecular complexity index is 270. The van der Waals surface area contributed by atoms with Crippen LogP contribution in [0.4, 0.5) is 0 Å². The predicted octanol–water partition coefficient (Wildman–Crippen LogP) is 2.09. The maximum Gasteiger partial charge on any atom is 0.117 e. The Hall–Kier alpha value is -0.800. The maximum absolute atomic E-state index is 8.84. The lowest BCUT2D eigenvalue weighted by molar-refractivity contribution is 0.260. The predicted molar refractivity (Wildman–Crippen MR) is 60.7 cm³/mol. The first-order chi connectivity index (χ1) is 7.30. The average Bonchev–Trinajstić information content (AvgIpc) is 2.72. The van der Waals surface area contributed by atoms with Crippen LogP contribution in [0.15, 0.2) is 16.5 Å². The van der Waals surface area contributed by atoms with E-state index in [0.717, 1.165) is 37.3 Å². The SMILES string of the molecule is CCc1ccc(CNC(CC)CCO)o1. The van der Waals surface area contributed by atoms with E-state index in [1.165, 1.54) is 0 Å². The van der Waals surface area contributed by atoms with Gasteiger partial charge >= 0.3 is 0 Å². The Kier molecular flexibility index (Phi) is 5.43. The van der Waals surface area contributed by atoms with Crippen LogP contribution in [-0.4, -0.2) is 17.8 Å². The van der Waals surface area contributed by atoms with Gasteiger partial charge in [0.1, 0.15) is 11.5 Å². The molecule has 3 nitrogen and oxygen atoms in total. The highest BCUT2D eigenvalue weighted by Gasteiger charge is 2.06. The molecule has 0 radical (unpaired) electrons. The molecule has 0 saturated heterocycles. The zero-order valence-electron chi connectivity index (χ0n) is 9.62. The molecule has 1 unspecified atom stereocenters. The summed E-state index contributed by atoms with van der Waals surface area (Å²) in [4.78, 5) is 0. The molecule has 1 rings (SSSR count). The summed E-state index contributed by atoms with van der Waals surface area (Å²) in [5.74, 6) is 2.00. The molecule has 0 aromatic carbocycles. The number of hydrogen-bond acceptors (Lipinski definition) is 3. The zero-order chi connectivity index (χ0) is 11.1. The highest BCUT2D eigenvalue weighted by Crippen LogP contribution is 2.09. The third kappa shape index (κ3) is 4.06. The van der Waals surface area contributed by atoms with E-state index in [-0.39, 0.29) is 6.61 Å². The quantitative estimate of drug-likeness (QED) is 0.726. The lowest BCUT2D eigenvalue weighted by Crippen LogP contribution is -2.28. The minimum absolute atomic E-state index is 0.240. The average molecular weight is 211 g/mol. The van der Waals surface area contributed by atoms with Crippen molar-refractivity contribution in [3.8, 4) is 0 Å². The number of furan rings is 1. The van der Waals surface area contributed by atoms with Gasteiger partial charge in [0.2, 0.25) is 0 Å². The Balaban J connectivity index is 2.34. The largest absolute Gasteiger partial charge is 0.465 e. The third-order valence-electron chi connectivity index (χ3n) is 2.60. The molecule has 0 aliphatic carbocycles. The maximum atomic E-state index is 8.84. The third-order valence-corrected chi connectivity index (χ3v) is 2.60. The van der Waals surface area contributed by atoms with Crippen molar-refractivity contribution in [1.82, 2.24) is 5.32 Å². The van der Waals surface area contributed by atoms with Crippen molar-refractivity contribution in [2.45, 2.75) is 45.7 Å². The van der Waals surface area contributed by atoms with Gasteiger partial charge in [-0.3, -0.25) is 0 Å². The Labute approximate surface area is 91.5 Å². The summed E-state index contributed by atoms with van der Waals surface area (Å²) in [6.07, 6.45) is 2.77. The molecule has 3 heteroatoms. The summed E-state index contributed by atoms with van der Waals surface area (Å²) in [5, 5.41) is 12.2. The van der Waals surface area contributed by atoms with Crippen molar-refractivity contribution in [1.29, 1.82) is 0 Å². The van der Waals surface area contributed by atoms with Gasteiger partial charge in [-0.25, -0.2) is 0 Å². The highest BCUT2D eigenvalue weighted by atomic mass is 16.3. The van der Waals surface area contributed by atoms with Gasteiger partial charge < -0.3 is 14.8 Å². The summed E-state index contributed by atoms with van der Waals surface area (Å²) in [5.41, 5.74) is 0. The molecule has 1 aromatic heterocycles. The molecule has 0 bridgehead atoms. The van der Waals surface area contributed by atoms with Crippen molar-refractivity contribution in [2.75, 3.05) is 6.61 Å². The second-order valence-corrected chi connectivity index (χ2v) is 3.72. The molecule has 1 atom stereocenters. The fourth-order valence-electron chi connectivity index (χ4n) is 1.56. The van der Waals surface area contributed by atoms with E-state index in [2.05, 4.69) is 19.2 Å². The van der Waals surface area contributed by atoms with Crippen LogP contribution in [-0.2, 0) is 13.0 Å².